The van der Waals surface area contributed by atoms with Crippen LogP contribution in [0.1, 0.15) is 48.2 Å². The predicted octanol–water partition coefficient (Wildman–Crippen LogP) is 2.59. The van der Waals surface area contributed by atoms with Gasteiger partial charge in [0.25, 0.3) is 0 Å². The first-order valence-electron chi connectivity index (χ1n) is 9.82. The van der Waals surface area contributed by atoms with Crippen LogP contribution in [-0.2, 0) is 6.54 Å². The second kappa shape index (κ2) is 8.93. The third-order valence-electron chi connectivity index (χ3n) is 4.96. The van der Waals surface area contributed by atoms with Gasteiger partial charge in [-0.1, -0.05) is 43.9 Å². The Morgan fingerprint density at radius 3 is 2.50 bits per heavy atom. The molecule has 0 fully saturated rings. The first-order chi connectivity index (χ1) is 13.6. The summed E-state index contributed by atoms with van der Waals surface area (Å²) in [6.45, 7) is 6.80. The van der Waals surface area contributed by atoms with Crippen LogP contribution in [0, 0.1) is 0 Å². The minimum Gasteiger partial charge on any atom is -0.872 e. The summed E-state index contributed by atoms with van der Waals surface area (Å²) in [5.74, 6) is 1.03. The normalized spacial score (nSPS) is 14.4. The van der Waals surface area contributed by atoms with E-state index in [4.69, 9.17) is 9.47 Å². The highest BCUT2D eigenvalue weighted by molar-refractivity contribution is 6.15. The highest BCUT2D eigenvalue weighted by atomic mass is 16.5. The highest BCUT2D eigenvalue weighted by Crippen LogP contribution is 2.38. The Hall–Kier alpha value is -2.79. The molecule has 0 amide bonds. The summed E-state index contributed by atoms with van der Waals surface area (Å²) in [5.41, 5.74) is 1.81. The van der Waals surface area contributed by atoms with Crippen molar-refractivity contribution in [3.05, 3.63) is 58.8 Å². The number of methoxy groups -OCH3 is 1. The minimum atomic E-state index is -0.199. The van der Waals surface area contributed by atoms with Gasteiger partial charge in [0.05, 0.1) is 25.8 Å². The largest absolute Gasteiger partial charge is 0.872 e. The Bertz CT molecular complexity index is 882. The molecule has 0 spiro atoms. The van der Waals surface area contributed by atoms with E-state index in [1.54, 1.807) is 19.3 Å². The van der Waals surface area contributed by atoms with Crippen LogP contribution in [0.4, 0.5) is 0 Å². The summed E-state index contributed by atoms with van der Waals surface area (Å²) in [6, 6.07) is 10.5. The molecule has 0 aliphatic carbocycles. The number of benzene rings is 2. The van der Waals surface area contributed by atoms with E-state index < -0.39 is 0 Å². The fourth-order valence-corrected chi connectivity index (χ4v) is 3.64. The molecule has 0 atom stereocenters. The molecule has 2 aromatic carbocycles. The predicted molar refractivity (Wildman–Crippen MR) is 107 cm³/mol. The van der Waals surface area contributed by atoms with Crippen molar-refractivity contribution in [2.45, 2.75) is 33.2 Å². The van der Waals surface area contributed by atoms with Crippen LogP contribution >= 0.6 is 0 Å². The standard InChI is InChI=1S/C23H27NO4/c1-4-12-24(13-5-2)15-18-19(25)11-10-17-22(26)21(28-23(17)18)14-16-8-6-7-9-20(16)27-3/h6-11,14,25H,4-5,12-13,15H2,1-3H3. The van der Waals surface area contributed by atoms with Crippen LogP contribution in [0.25, 0.3) is 6.08 Å². The molecule has 0 saturated heterocycles. The van der Waals surface area contributed by atoms with Gasteiger partial charge in [0.15, 0.2) is 5.76 Å². The molecule has 0 radical (unpaired) electrons. The SMILES string of the molecule is CCC[NH+](CCC)Cc1c([O-])ccc2c1OC(=Cc1ccccc1OC)C2=O. The van der Waals surface area contributed by atoms with Crippen LogP contribution in [0.3, 0.4) is 0 Å². The van der Waals surface area contributed by atoms with Crippen molar-refractivity contribution in [2.24, 2.45) is 0 Å². The van der Waals surface area contributed by atoms with Crippen molar-refractivity contribution in [3.63, 3.8) is 0 Å². The fraction of sp³-hybridized carbons (Fsp3) is 0.348. The Morgan fingerprint density at radius 1 is 1.11 bits per heavy atom. The van der Waals surface area contributed by atoms with Gasteiger partial charge in [-0.25, -0.2) is 0 Å². The smallest absolute Gasteiger partial charge is 0.231 e. The number of rotatable bonds is 8. The maximum absolute atomic E-state index is 12.9. The highest BCUT2D eigenvalue weighted by Gasteiger charge is 2.31. The van der Waals surface area contributed by atoms with Gasteiger partial charge >= 0.3 is 0 Å². The fourth-order valence-electron chi connectivity index (χ4n) is 3.64. The molecule has 3 rings (SSSR count). The van der Waals surface area contributed by atoms with E-state index in [2.05, 4.69) is 13.8 Å². The van der Waals surface area contributed by atoms with Crippen molar-refractivity contribution >= 4 is 11.9 Å². The molecule has 1 heterocycles. The van der Waals surface area contributed by atoms with Crippen molar-refractivity contribution < 1.29 is 24.3 Å². The molecule has 0 aromatic heterocycles. The van der Waals surface area contributed by atoms with Crippen molar-refractivity contribution in [3.8, 4) is 17.2 Å². The molecular weight excluding hydrogens is 354 g/mol. The van der Waals surface area contributed by atoms with E-state index in [0.29, 0.717) is 29.2 Å². The molecule has 1 aliphatic rings. The first-order valence-corrected chi connectivity index (χ1v) is 9.82. The van der Waals surface area contributed by atoms with Crippen molar-refractivity contribution in [1.82, 2.24) is 0 Å². The van der Waals surface area contributed by atoms with Gasteiger partial charge in [-0.2, -0.15) is 0 Å². The Kier molecular flexibility index (Phi) is 6.37. The first kappa shape index (κ1) is 20.0. The number of carbonyl (C=O) groups is 1. The lowest BCUT2D eigenvalue weighted by molar-refractivity contribution is -0.914. The molecule has 2 aromatic rings. The summed E-state index contributed by atoms with van der Waals surface area (Å²) >= 11 is 0. The molecule has 0 bridgehead atoms. The molecule has 5 heteroatoms. The zero-order chi connectivity index (χ0) is 20.1. The number of carbonyl (C=O) groups excluding carboxylic acids is 1. The van der Waals surface area contributed by atoms with Crippen LogP contribution < -0.4 is 19.5 Å². The van der Waals surface area contributed by atoms with Gasteiger partial charge in [0.1, 0.15) is 18.0 Å². The Labute approximate surface area is 166 Å². The third-order valence-corrected chi connectivity index (χ3v) is 4.96. The molecule has 1 N–H and O–H groups in total. The second-order valence-electron chi connectivity index (χ2n) is 7.03. The summed E-state index contributed by atoms with van der Waals surface area (Å²) < 4.78 is 11.3. The number of hydrogen-bond donors (Lipinski definition) is 1. The van der Waals surface area contributed by atoms with Crippen molar-refractivity contribution in [1.29, 1.82) is 0 Å². The van der Waals surface area contributed by atoms with Gasteiger partial charge in [-0.05, 0) is 31.1 Å². The average molecular weight is 381 g/mol. The van der Waals surface area contributed by atoms with E-state index in [1.165, 1.54) is 11.0 Å². The summed E-state index contributed by atoms with van der Waals surface area (Å²) in [4.78, 5) is 14.2. The van der Waals surface area contributed by atoms with Gasteiger partial charge in [0.2, 0.25) is 5.78 Å². The van der Waals surface area contributed by atoms with Gasteiger partial charge in [-0.15, -0.1) is 0 Å². The van der Waals surface area contributed by atoms with E-state index in [-0.39, 0.29) is 17.3 Å². The number of ketones is 1. The van der Waals surface area contributed by atoms with Crippen LogP contribution in [0.2, 0.25) is 0 Å². The summed E-state index contributed by atoms with van der Waals surface area (Å²) in [5, 5.41) is 12.6. The molecule has 5 nitrogen and oxygen atoms in total. The maximum Gasteiger partial charge on any atom is 0.231 e. The lowest BCUT2D eigenvalue weighted by Gasteiger charge is -2.23. The maximum atomic E-state index is 12.9. The summed E-state index contributed by atoms with van der Waals surface area (Å²) in [6.07, 6.45) is 3.76. The number of fused-ring (bicyclic) bond motifs is 1. The quantitative estimate of drug-likeness (QED) is 0.714. The van der Waals surface area contributed by atoms with E-state index in [1.807, 2.05) is 24.3 Å². The number of ether oxygens (including phenoxy) is 2. The number of para-hydroxylation sites is 1. The molecule has 0 unspecified atom stereocenters. The zero-order valence-electron chi connectivity index (χ0n) is 16.7. The number of hydrogen-bond acceptors (Lipinski definition) is 4. The van der Waals surface area contributed by atoms with Crippen LogP contribution in [0.5, 0.6) is 17.2 Å². The monoisotopic (exact) mass is 381 g/mol. The number of allylic oxidation sites excluding steroid dienone is 1. The third kappa shape index (κ3) is 4.04. The van der Waals surface area contributed by atoms with Crippen molar-refractivity contribution in [2.75, 3.05) is 20.2 Å². The van der Waals surface area contributed by atoms with Crippen LogP contribution in [0.15, 0.2) is 42.2 Å². The second-order valence-corrected chi connectivity index (χ2v) is 7.03. The van der Waals surface area contributed by atoms with Crippen LogP contribution in [-0.4, -0.2) is 26.0 Å². The Morgan fingerprint density at radius 2 is 1.82 bits per heavy atom. The lowest BCUT2D eigenvalue weighted by atomic mass is 10.0. The topological polar surface area (TPSA) is 63.0 Å². The number of Topliss-reactive ketones (excluding diaryl/α,β-unsaturated/α-hetero) is 1. The van der Waals surface area contributed by atoms with E-state index in [0.717, 1.165) is 31.5 Å². The van der Waals surface area contributed by atoms with Gasteiger partial charge < -0.3 is 19.5 Å². The lowest BCUT2D eigenvalue weighted by Crippen LogP contribution is -3.10. The minimum absolute atomic E-state index is 0.0743. The molecule has 1 aliphatic heterocycles. The molecular formula is C23H27NO4. The van der Waals surface area contributed by atoms with Gasteiger partial charge in [0, 0.05) is 11.1 Å². The molecule has 0 saturated carbocycles. The zero-order valence-corrected chi connectivity index (χ0v) is 16.7. The number of nitrogens with one attached hydrogen (secondary N) is 1. The molecule has 28 heavy (non-hydrogen) atoms. The van der Waals surface area contributed by atoms with E-state index >= 15 is 0 Å². The Balaban J connectivity index is 1.95. The number of quaternary nitrogens is 1. The average Bonchev–Trinajstić information content (AvgIpc) is 3.00. The summed E-state index contributed by atoms with van der Waals surface area (Å²) in [7, 11) is 1.59. The van der Waals surface area contributed by atoms with Gasteiger partial charge in [-0.3, -0.25) is 4.79 Å². The molecule has 148 valence electrons. The van der Waals surface area contributed by atoms with E-state index in [9.17, 15) is 9.90 Å².